The summed E-state index contributed by atoms with van der Waals surface area (Å²) in [7, 11) is 0. The Morgan fingerprint density at radius 2 is 1.67 bits per heavy atom. The number of benzene rings is 3. The number of nitrogens with zero attached hydrogens (tertiary/aromatic N) is 5. The van der Waals surface area contributed by atoms with Gasteiger partial charge in [-0.2, -0.15) is 9.61 Å². The molecule has 43 heavy (non-hydrogen) atoms. The first-order chi connectivity index (χ1) is 21.0. The molecule has 8 heteroatoms. The number of piperidine rings is 1. The van der Waals surface area contributed by atoms with Crippen molar-refractivity contribution in [2.24, 2.45) is 5.92 Å². The van der Waals surface area contributed by atoms with Crippen LogP contribution in [-0.4, -0.2) is 48.6 Å². The maximum Gasteiger partial charge on any atom is 0.227 e. The molecular weight excluding hydrogens is 536 g/mol. The Kier molecular flexibility index (Phi) is 7.04. The number of aromatic hydroxyl groups is 1. The molecule has 0 unspecified atom stereocenters. The third-order valence-electron chi connectivity index (χ3n) is 8.19. The van der Waals surface area contributed by atoms with Crippen molar-refractivity contribution in [3.8, 4) is 28.1 Å². The number of aryl methyl sites for hydroxylation is 1. The van der Waals surface area contributed by atoms with Crippen LogP contribution in [-0.2, 0) is 11.3 Å². The number of amides is 1. The highest BCUT2D eigenvalue weighted by Crippen LogP contribution is 2.34. The monoisotopic (exact) mass is 568 g/mol. The number of likely N-dealkylation sites (tertiary alicyclic amines) is 1. The Labute approximate surface area is 249 Å². The van der Waals surface area contributed by atoms with Crippen LogP contribution >= 0.6 is 0 Å². The Hall–Kier alpha value is -5.08. The number of aromatic nitrogens is 4. The van der Waals surface area contributed by atoms with Crippen LogP contribution in [0.25, 0.3) is 39.1 Å². The second-order valence-corrected chi connectivity index (χ2v) is 11.3. The van der Waals surface area contributed by atoms with Crippen LogP contribution in [0.2, 0.25) is 0 Å². The zero-order valence-corrected chi connectivity index (χ0v) is 23.9. The van der Waals surface area contributed by atoms with E-state index in [9.17, 15) is 9.90 Å². The van der Waals surface area contributed by atoms with Crippen molar-refractivity contribution in [3.05, 3.63) is 108 Å². The van der Waals surface area contributed by atoms with E-state index in [1.54, 1.807) is 24.3 Å². The van der Waals surface area contributed by atoms with Gasteiger partial charge in [-0.05, 0) is 74.3 Å². The molecule has 1 aliphatic heterocycles. The molecule has 0 saturated carbocycles. The van der Waals surface area contributed by atoms with E-state index < -0.39 is 0 Å². The van der Waals surface area contributed by atoms with Gasteiger partial charge in [-0.25, -0.2) is 9.97 Å². The van der Waals surface area contributed by atoms with Crippen molar-refractivity contribution in [1.29, 1.82) is 0 Å². The molecule has 0 bridgehead atoms. The molecule has 0 atom stereocenters. The number of anilines is 1. The molecule has 1 saturated heterocycles. The average Bonchev–Trinajstić information content (AvgIpc) is 3.43. The van der Waals surface area contributed by atoms with E-state index in [2.05, 4.69) is 62.8 Å². The van der Waals surface area contributed by atoms with E-state index in [1.807, 2.05) is 41.9 Å². The standard InChI is InChI=1S/C35H32N6O2/c1-23-19-32-36-21-28-20-31(25-5-3-2-4-6-25)33(38-34(28)41(32)39-23)26-9-7-24(8-10-26)22-40-17-15-27(16-18-40)35(43)37-29-11-13-30(42)14-12-29/h2-14,19-21,27,42H,15-18,22H2,1H3,(H,37,43). The van der Waals surface area contributed by atoms with Gasteiger partial charge >= 0.3 is 0 Å². The second-order valence-electron chi connectivity index (χ2n) is 11.3. The largest absolute Gasteiger partial charge is 0.508 e. The number of hydrogen-bond acceptors (Lipinski definition) is 6. The molecule has 2 N–H and O–H groups in total. The predicted octanol–water partition coefficient (Wildman–Crippen LogP) is 6.48. The van der Waals surface area contributed by atoms with Crippen molar-refractivity contribution in [2.45, 2.75) is 26.3 Å². The third kappa shape index (κ3) is 5.57. The van der Waals surface area contributed by atoms with Crippen molar-refractivity contribution < 1.29 is 9.90 Å². The van der Waals surface area contributed by atoms with Gasteiger partial charge in [-0.15, -0.1) is 0 Å². The first-order valence-corrected chi connectivity index (χ1v) is 14.6. The molecule has 0 radical (unpaired) electrons. The van der Waals surface area contributed by atoms with Gasteiger partial charge in [0.25, 0.3) is 0 Å². The highest BCUT2D eigenvalue weighted by Gasteiger charge is 2.25. The normalized spacial score (nSPS) is 14.3. The number of phenols is 1. The first kappa shape index (κ1) is 26.8. The van der Waals surface area contributed by atoms with Crippen molar-refractivity contribution in [2.75, 3.05) is 18.4 Å². The van der Waals surface area contributed by atoms with Crippen LogP contribution in [0.5, 0.6) is 5.75 Å². The van der Waals surface area contributed by atoms with Crippen molar-refractivity contribution >= 4 is 28.3 Å². The van der Waals surface area contributed by atoms with Crippen LogP contribution in [0.15, 0.2) is 97.2 Å². The minimum absolute atomic E-state index is 0.0111. The number of carbonyl (C=O) groups is 1. The molecule has 6 aromatic rings. The lowest BCUT2D eigenvalue weighted by Gasteiger charge is -2.31. The summed E-state index contributed by atoms with van der Waals surface area (Å²) >= 11 is 0. The minimum Gasteiger partial charge on any atom is -0.508 e. The number of fused-ring (bicyclic) bond motifs is 3. The lowest BCUT2D eigenvalue weighted by atomic mass is 9.95. The fraction of sp³-hybridized carbons (Fsp3) is 0.200. The quantitative estimate of drug-likeness (QED) is 0.224. The van der Waals surface area contributed by atoms with Gasteiger partial charge in [0.05, 0.1) is 11.4 Å². The Bertz CT molecular complexity index is 1910. The maximum atomic E-state index is 12.8. The molecular formula is C35H32N6O2. The highest BCUT2D eigenvalue weighted by atomic mass is 16.3. The summed E-state index contributed by atoms with van der Waals surface area (Å²) < 4.78 is 1.83. The zero-order valence-electron chi connectivity index (χ0n) is 23.9. The SMILES string of the molecule is Cc1cc2ncc3cc(-c4ccccc4)c(-c4ccc(CN5CCC(C(=O)Nc6ccc(O)cc6)CC5)cc4)nc3n2n1. The van der Waals surface area contributed by atoms with E-state index in [4.69, 9.17) is 4.98 Å². The molecule has 1 aliphatic rings. The molecule has 214 valence electrons. The van der Waals surface area contributed by atoms with Crippen LogP contribution in [0.1, 0.15) is 24.1 Å². The van der Waals surface area contributed by atoms with Gasteiger partial charge in [0.1, 0.15) is 5.75 Å². The Balaban J connectivity index is 1.09. The van der Waals surface area contributed by atoms with Crippen molar-refractivity contribution in [3.63, 3.8) is 0 Å². The zero-order chi connectivity index (χ0) is 29.3. The number of pyridine rings is 1. The van der Waals surface area contributed by atoms with Crippen LogP contribution in [0.4, 0.5) is 5.69 Å². The summed E-state index contributed by atoms with van der Waals surface area (Å²) in [6.07, 6.45) is 3.51. The molecule has 1 amide bonds. The average molecular weight is 569 g/mol. The molecule has 7 rings (SSSR count). The lowest BCUT2D eigenvalue weighted by molar-refractivity contribution is -0.121. The van der Waals surface area contributed by atoms with E-state index in [0.717, 1.165) is 77.2 Å². The fourth-order valence-corrected chi connectivity index (χ4v) is 5.88. The van der Waals surface area contributed by atoms with Gasteiger partial charge in [-0.1, -0.05) is 54.6 Å². The minimum atomic E-state index is -0.0111. The van der Waals surface area contributed by atoms with E-state index >= 15 is 0 Å². The van der Waals surface area contributed by atoms with E-state index in [-0.39, 0.29) is 17.6 Å². The molecule has 3 aromatic carbocycles. The lowest BCUT2D eigenvalue weighted by Crippen LogP contribution is -2.37. The molecule has 4 heterocycles. The molecule has 0 spiro atoms. The van der Waals surface area contributed by atoms with Gasteiger partial charge in [-0.3, -0.25) is 9.69 Å². The van der Waals surface area contributed by atoms with Gasteiger partial charge in [0.15, 0.2) is 11.3 Å². The molecule has 0 aliphatic carbocycles. The topological polar surface area (TPSA) is 95.7 Å². The van der Waals surface area contributed by atoms with E-state index in [1.165, 1.54) is 5.56 Å². The van der Waals surface area contributed by atoms with Crippen LogP contribution < -0.4 is 5.32 Å². The summed E-state index contributed by atoms with van der Waals surface area (Å²) in [5, 5.41) is 18.0. The number of hydrogen-bond donors (Lipinski definition) is 2. The summed E-state index contributed by atoms with van der Waals surface area (Å²) in [6.45, 7) is 4.54. The molecule has 3 aromatic heterocycles. The number of rotatable bonds is 6. The number of carbonyl (C=O) groups excluding carboxylic acids is 1. The Morgan fingerprint density at radius 1 is 0.930 bits per heavy atom. The van der Waals surface area contributed by atoms with E-state index in [0.29, 0.717) is 5.69 Å². The summed E-state index contributed by atoms with van der Waals surface area (Å²) in [4.78, 5) is 24.9. The fourth-order valence-electron chi connectivity index (χ4n) is 5.88. The van der Waals surface area contributed by atoms with Gasteiger partial charge < -0.3 is 10.4 Å². The summed E-state index contributed by atoms with van der Waals surface area (Å²) in [6, 6.07) is 29.7. The predicted molar refractivity (Wildman–Crippen MR) is 169 cm³/mol. The second kappa shape index (κ2) is 11.3. The smallest absolute Gasteiger partial charge is 0.227 e. The summed E-state index contributed by atoms with van der Waals surface area (Å²) in [5.74, 6) is 0.223. The highest BCUT2D eigenvalue weighted by molar-refractivity contribution is 5.93. The first-order valence-electron chi connectivity index (χ1n) is 14.6. The molecule has 8 nitrogen and oxygen atoms in total. The van der Waals surface area contributed by atoms with Crippen LogP contribution in [0.3, 0.4) is 0 Å². The van der Waals surface area contributed by atoms with Gasteiger partial charge in [0, 0.05) is 46.9 Å². The van der Waals surface area contributed by atoms with Crippen LogP contribution in [0, 0.1) is 12.8 Å². The van der Waals surface area contributed by atoms with Crippen molar-refractivity contribution in [1.82, 2.24) is 24.5 Å². The number of phenolic OH excluding ortho intramolecular Hbond substituents is 1. The Morgan fingerprint density at radius 3 is 2.42 bits per heavy atom. The van der Waals surface area contributed by atoms with Gasteiger partial charge in [0.2, 0.25) is 5.91 Å². The third-order valence-corrected chi connectivity index (χ3v) is 8.19. The maximum absolute atomic E-state index is 12.8. The summed E-state index contributed by atoms with van der Waals surface area (Å²) in [5.41, 5.74) is 8.52. The number of nitrogens with one attached hydrogen (secondary N) is 1. The molecule has 1 fully saturated rings.